The van der Waals surface area contributed by atoms with Gasteiger partial charge in [0.25, 0.3) is 0 Å². The van der Waals surface area contributed by atoms with Crippen LogP contribution in [0, 0.1) is 5.92 Å². The van der Waals surface area contributed by atoms with Crippen molar-refractivity contribution in [2.24, 2.45) is 5.92 Å². The second-order valence-electron chi connectivity index (χ2n) is 11.4. The second-order valence-corrected chi connectivity index (χ2v) is 11.4. The van der Waals surface area contributed by atoms with Gasteiger partial charge in [-0.3, -0.25) is 4.79 Å². The van der Waals surface area contributed by atoms with Crippen molar-refractivity contribution in [3.63, 3.8) is 0 Å². The molecule has 1 spiro atoms. The van der Waals surface area contributed by atoms with E-state index in [-0.39, 0.29) is 29.3 Å². The lowest BCUT2D eigenvalue weighted by atomic mass is 9.83. The molecule has 2 aliphatic heterocycles. The van der Waals surface area contributed by atoms with E-state index in [0.717, 1.165) is 51.6 Å². The molecular weight excluding hydrogens is 444 g/mol. The quantitative estimate of drug-likeness (QED) is 0.298. The van der Waals surface area contributed by atoms with Crippen LogP contribution >= 0.6 is 0 Å². The fourth-order valence-electron chi connectivity index (χ4n) is 5.14. The molecule has 3 atom stereocenters. The molecule has 7 heteroatoms. The van der Waals surface area contributed by atoms with Gasteiger partial charge in [-0.1, -0.05) is 23.8 Å². The number of nitrogens with one attached hydrogen (secondary N) is 1. The summed E-state index contributed by atoms with van der Waals surface area (Å²) in [7, 11) is 3.25. The monoisotopic (exact) mass is 488 g/mol. The van der Waals surface area contributed by atoms with Gasteiger partial charge in [-0.25, -0.2) is 4.79 Å². The van der Waals surface area contributed by atoms with Gasteiger partial charge in [0.15, 0.2) is 0 Å². The van der Waals surface area contributed by atoms with Crippen LogP contribution in [0.4, 0.5) is 4.79 Å². The summed E-state index contributed by atoms with van der Waals surface area (Å²) in [5, 5.41) is 3.08. The van der Waals surface area contributed by atoms with E-state index in [1.54, 1.807) is 27.1 Å². The third kappa shape index (κ3) is 9.12. The molecule has 0 radical (unpaired) electrons. The summed E-state index contributed by atoms with van der Waals surface area (Å²) in [6.45, 7) is 9.06. The van der Waals surface area contributed by atoms with Gasteiger partial charge in [-0.15, -0.1) is 0 Å². The Balaban J connectivity index is 1.35. The average molecular weight is 489 g/mol. The summed E-state index contributed by atoms with van der Waals surface area (Å²) < 4.78 is 17.2. The highest BCUT2D eigenvalue weighted by atomic mass is 16.6. The number of rotatable bonds is 8. The molecule has 7 nitrogen and oxygen atoms in total. The Morgan fingerprint density at radius 3 is 2.49 bits per heavy atom. The molecule has 0 bridgehead atoms. The van der Waals surface area contributed by atoms with E-state index in [4.69, 9.17) is 14.2 Å². The van der Waals surface area contributed by atoms with Crippen molar-refractivity contribution >= 4 is 12.0 Å². The summed E-state index contributed by atoms with van der Waals surface area (Å²) >= 11 is 0. The third-order valence-electron chi connectivity index (χ3n) is 7.05. The molecule has 1 saturated carbocycles. The number of epoxide rings is 1. The first kappa shape index (κ1) is 27.5. The lowest BCUT2D eigenvalue weighted by molar-refractivity contribution is -0.117. The van der Waals surface area contributed by atoms with Crippen LogP contribution in [-0.2, 0) is 19.0 Å². The summed E-state index contributed by atoms with van der Waals surface area (Å²) in [5.74, 6) is 0.522. The minimum Gasteiger partial charge on any atom is -0.442 e. The molecule has 3 fully saturated rings. The molecule has 0 aromatic heterocycles. The molecule has 35 heavy (non-hydrogen) atoms. The molecular formula is C28H44N2O5. The van der Waals surface area contributed by atoms with E-state index in [9.17, 15) is 9.59 Å². The molecule has 3 rings (SSSR count). The van der Waals surface area contributed by atoms with E-state index in [1.807, 2.05) is 0 Å². The molecule has 2 saturated heterocycles. The van der Waals surface area contributed by atoms with Crippen molar-refractivity contribution in [1.29, 1.82) is 0 Å². The largest absolute Gasteiger partial charge is 0.442 e. The fraction of sp³-hybridized carbons (Fsp3) is 0.714. The van der Waals surface area contributed by atoms with Crippen LogP contribution < -0.4 is 5.32 Å². The Labute approximate surface area is 210 Å². The standard InChI is InChI=1S/C28H44N2O5/c1-20(8-15-24-17-28(19-33-28)18-27(3,4)35-24)7-10-22-11-13-23(14-12-22)29-25(31)16-9-21(2)34-26(32)30(5)6/h7-9,15-16,21-24H,10-14,17-19H2,1-6H3,(H,29,31). The van der Waals surface area contributed by atoms with Gasteiger partial charge < -0.3 is 24.4 Å². The predicted molar refractivity (Wildman–Crippen MR) is 137 cm³/mol. The van der Waals surface area contributed by atoms with Crippen LogP contribution in [0.3, 0.4) is 0 Å². The van der Waals surface area contributed by atoms with Crippen molar-refractivity contribution in [2.75, 3.05) is 20.7 Å². The molecule has 3 unspecified atom stereocenters. The minimum atomic E-state index is -0.449. The number of carbonyl (C=O) groups excluding carboxylic acids is 2. The zero-order chi connectivity index (χ0) is 25.6. The van der Waals surface area contributed by atoms with Crippen LogP contribution in [0.5, 0.6) is 0 Å². The first-order valence-corrected chi connectivity index (χ1v) is 13.0. The molecule has 1 aliphatic carbocycles. The van der Waals surface area contributed by atoms with Crippen LogP contribution in [0.1, 0.15) is 72.6 Å². The van der Waals surface area contributed by atoms with Gasteiger partial charge in [-0.05, 0) is 71.8 Å². The normalized spacial score (nSPS) is 31.5. The summed E-state index contributed by atoms with van der Waals surface area (Å²) in [6, 6.07) is 0.205. The number of hydrogen-bond acceptors (Lipinski definition) is 5. The maximum Gasteiger partial charge on any atom is 0.409 e. The smallest absolute Gasteiger partial charge is 0.409 e. The van der Waals surface area contributed by atoms with Crippen LogP contribution in [0.15, 0.2) is 36.0 Å². The van der Waals surface area contributed by atoms with Crippen LogP contribution in [0.2, 0.25) is 0 Å². The topological polar surface area (TPSA) is 80.4 Å². The van der Waals surface area contributed by atoms with Crippen LogP contribution in [0.25, 0.3) is 0 Å². The summed E-state index contributed by atoms with van der Waals surface area (Å²) in [4.78, 5) is 25.1. The highest BCUT2D eigenvalue weighted by Crippen LogP contribution is 2.46. The predicted octanol–water partition coefficient (Wildman–Crippen LogP) is 4.92. The van der Waals surface area contributed by atoms with Gasteiger partial charge in [0, 0.05) is 39.1 Å². The van der Waals surface area contributed by atoms with Crippen molar-refractivity contribution in [3.05, 3.63) is 36.0 Å². The zero-order valence-corrected chi connectivity index (χ0v) is 22.3. The number of allylic oxidation sites excluding steroid dienone is 3. The van der Waals surface area contributed by atoms with E-state index in [0.29, 0.717) is 5.92 Å². The van der Waals surface area contributed by atoms with Crippen molar-refractivity contribution in [1.82, 2.24) is 10.2 Å². The number of nitrogens with zero attached hydrogens (tertiary/aromatic N) is 1. The lowest BCUT2D eigenvalue weighted by Crippen LogP contribution is -2.43. The zero-order valence-electron chi connectivity index (χ0n) is 22.3. The second kappa shape index (κ2) is 11.7. The van der Waals surface area contributed by atoms with E-state index < -0.39 is 12.2 Å². The summed E-state index contributed by atoms with van der Waals surface area (Å²) in [5.41, 5.74) is 1.19. The average Bonchev–Trinajstić information content (AvgIpc) is 3.51. The Bertz CT molecular complexity index is 826. The first-order chi connectivity index (χ1) is 16.5. The molecule has 2 heterocycles. The molecule has 2 amide bonds. The van der Waals surface area contributed by atoms with Crippen molar-refractivity contribution in [2.45, 2.75) is 102 Å². The minimum absolute atomic E-state index is 0.0510. The first-order valence-electron chi connectivity index (χ1n) is 13.0. The van der Waals surface area contributed by atoms with Gasteiger partial charge in [0.2, 0.25) is 5.91 Å². The Kier molecular flexibility index (Phi) is 9.22. The van der Waals surface area contributed by atoms with Crippen molar-refractivity contribution in [3.8, 4) is 0 Å². The van der Waals surface area contributed by atoms with Gasteiger partial charge in [0.05, 0.1) is 23.9 Å². The summed E-state index contributed by atoms with van der Waals surface area (Å²) in [6.07, 6.45) is 16.2. The highest BCUT2D eigenvalue weighted by Gasteiger charge is 2.53. The van der Waals surface area contributed by atoms with Gasteiger partial charge >= 0.3 is 6.09 Å². The van der Waals surface area contributed by atoms with Crippen molar-refractivity contribution < 1.29 is 23.8 Å². The van der Waals surface area contributed by atoms with E-state index in [2.05, 4.69) is 44.3 Å². The molecule has 0 aromatic carbocycles. The van der Waals surface area contributed by atoms with E-state index in [1.165, 1.54) is 16.5 Å². The van der Waals surface area contributed by atoms with Gasteiger partial charge in [-0.2, -0.15) is 0 Å². The Hall–Kier alpha value is -2.12. The lowest BCUT2D eigenvalue weighted by Gasteiger charge is -2.38. The Morgan fingerprint density at radius 2 is 1.86 bits per heavy atom. The highest BCUT2D eigenvalue weighted by molar-refractivity contribution is 5.87. The molecule has 196 valence electrons. The van der Waals surface area contributed by atoms with Crippen LogP contribution in [-0.4, -0.2) is 67.1 Å². The number of amides is 2. The number of carbonyl (C=O) groups is 2. The molecule has 0 aromatic rings. The number of ether oxygens (including phenoxy) is 3. The number of hydrogen-bond donors (Lipinski definition) is 1. The fourth-order valence-corrected chi connectivity index (χ4v) is 5.14. The maximum atomic E-state index is 12.2. The SMILES string of the molecule is CC(C=CC1CC2(CO2)CC(C)(C)O1)=CCC1CCC(NC(=O)C=CC(C)OC(=O)N(C)C)CC1. The van der Waals surface area contributed by atoms with E-state index >= 15 is 0 Å². The van der Waals surface area contributed by atoms with Gasteiger partial charge in [0.1, 0.15) is 6.10 Å². The molecule has 3 aliphatic rings. The maximum absolute atomic E-state index is 12.2. The molecule has 1 N–H and O–H groups in total. The Morgan fingerprint density at radius 1 is 1.17 bits per heavy atom. The third-order valence-corrected chi connectivity index (χ3v) is 7.05.